The summed E-state index contributed by atoms with van der Waals surface area (Å²) < 4.78 is 25.4. The van der Waals surface area contributed by atoms with Gasteiger partial charge >= 0.3 is 0 Å². The summed E-state index contributed by atoms with van der Waals surface area (Å²) in [5.74, 6) is -0.0827. The Hall–Kier alpha value is -2.12. The van der Waals surface area contributed by atoms with Crippen LogP contribution in [0, 0.1) is 18.3 Å². The van der Waals surface area contributed by atoms with Gasteiger partial charge in [-0.15, -0.1) is 0 Å². The van der Waals surface area contributed by atoms with Gasteiger partial charge in [0.05, 0.1) is 16.7 Å². The number of benzene rings is 2. The van der Waals surface area contributed by atoms with Crippen molar-refractivity contribution in [3.05, 3.63) is 65.7 Å². The Labute approximate surface area is 132 Å². The molecule has 114 valence electrons. The van der Waals surface area contributed by atoms with Crippen molar-refractivity contribution in [2.75, 3.05) is 5.75 Å². The van der Waals surface area contributed by atoms with E-state index in [-0.39, 0.29) is 12.2 Å². The van der Waals surface area contributed by atoms with E-state index >= 15 is 0 Å². The SMILES string of the molecule is Cc1ccc(S(=O)(=O)CC(C)(CC#N)c2ccccc2)cc1. The normalized spacial score (nSPS) is 14.0. The lowest BCUT2D eigenvalue weighted by molar-refractivity contribution is 0.519. The van der Waals surface area contributed by atoms with Gasteiger partial charge in [-0.3, -0.25) is 0 Å². The van der Waals surface area contributed by atoms with Crippen LogP contribution >= 0.6 is 0 Å². The maximum Gasteiger partial charge on any atom is 0.179 e. The van der Waals surface area contributed by atoms with Crippen LogP contribution in [-0.4, -0.2) is 14.2 Å². The lowest BCUT2D eigenvalue weighted by Gasteiger charge is -2.27. The van der Waals surface area contributed by atoms with Crippen molar-refractivity contribution in [1.82, 2.24) is 0 Å². The molecule has 1 atom stereocenters. The highest BCUT2D eigenvalue weighted by Gasteiger charge is 2.33. The molecule has 0 aliphatic carbocycles. The first-order chi connectivity index (χ1) is 10.4. The van der Waals surface area contributed by atoms with Gasteiger partial charge in [0.2, 0.25) is 0 Å². The van der Waals surface area contributed by atoms with E-state index in [1.54, 1.807) is 24.3 Å². The Kier molecular flexibility index (Phi) is 4.68. The lowest BCUT2D eigenvalue weighted by Crippen LogP contribution is -2.31. The quantitative estimate of drug-likeness (QED) is 0.846. The second-order valence-corrected chi connectivity index (χ2v) is 7.82. The Morgan fingerprint density at radius 3 is 2.18 bits per heavy atom. The van der Waals surface area contributed by atoms with Gasteiger partial charge in [0.15, 0.2) is 9.84 Å². The summed E-state index contributed by atoms with van der Waals surface area (Å²) in [7, 11) is -3.46. The predicted octanol–water partition coefficient (Wildman–Crippen LogP) is 3.64. The summed E-state index contributed by atoms with van der Waals surface area (Å²) >= 11 is 0. The van der Waals surface area contributed by atoms with Gasteiger partial charge < -0.3 is 0 Å². The van der Waals surface area contributed by atoms with Gasteiger partial charge in [-0.1, -0.05) is 55.0 Å². The average molecular weight is 313 g/mol. The van der Waals surface area contributed by atoms with E-state index in [2.05, 4.69) is 6.07 Å². The van der Waals surface area contributed by atoms with Crippen molar-refractivity contribution < 1.29 is 8.42 Å². The summed E-state index contributed by atoms with van der Waals surface area (Å²) in [6, 6.07) is 18.3. The molecule has 0 radical (unpaired) electrons. The molecule has 2 aromatic rings. The maximum absolute atomic E-state index is 12.7. The van der Waals surface area contributed by atoms with E-state index in [1.807, 2.05) is 44.2 Å². The van der Waals surface area contributed by atoms with Gasteiger partial charge in [0.25, 0.3) is 0 Å². The molecule has 0 heterocycles. The van der Waals surface area contributed by atoms with Crippen molar-refractivity contribution in [1.29, 1.82) is 5.26 Å². The number of aryl methyl sites for hydroxylation is 1. The molecule has 3 nitrogen and oxygen atoms in total. The molecule has 0 spiro atoms. The first-order valence-electron chi connectivity index (χ1n) is 7.09. The Morgan fingerprint density at radius 1 is 1.05 bits per heavy atom. The second kappa shape index (κ2) is 6.33. The first-order valence-corrected chi connectivity index (χ1v) is 8.74. The number of hydrogen-bond donors (Lipinski definition) is 0. The van der Waals surface area contributed by atoms with Crippen LogP contribution < -0.4 is 0 Å². The molecule has 0 N–H and O–H groups in total. The topological polar surface area (TPSA) is 57.9 Å². The van der Waals surface area contributed by atoms with E-state index in [0.717, 1.165) is 11.1 Å². The Morgan fingerprint density at radius 2 is 1.64 bits per heavy atom. The van der Waals surface area contributed by atoms with E-state index in [1.165, 1.54) is 0 Å². The second-order valence-electron chi connectivity index (χ2n) is 5.83. The van der Waals surface area contributed by atoms with Gasteiger partial charge in [-0.2, -0.15) is 5.26 Å². The molecule has 0 aromatic heterocycles. The minimum absolute atomic E-state index is 0.0827. The predicted molar refractivity (Wildman–Crippen MR) is 87.3 cm³/mol. The number of nitrogens with zero attached hydrogens (tertiary/aromatic N) is 1. The standard InChI is InChI=1S/C18H19NO2S/c1-15-8-10-17(11-9-15)22(20,21)14-18(2,12-13-19)16-6-4-3-5-7-16/h3-11H,12,14H2,1-2H3. The van der Waals surface area contributed by atoms with Crippen molar-refractivity contribution in [2.24, 2.45) is 0 Å². The third-order valence-corrected chi connectivity index (χ3v) is 5.84. The summed E-state index contributed by atoms with van der Waals surface area (Å²) in [4.78, 5) is 0.304. The number of nitriles is 1. The van der Waals surface area contributed by atoms with Gasteiger partial charge in [-0.25, -0.2) is 8.42 Å². The third-order valence-electron chi connectivity index (χ3n) is 3.83. The molecule has 2 aromatic carbocycles. The van der Waals surface area contributed by atoms with E-state index in [0.29, 0.717) is 4.90 Å². The van der Waals surface area contributed by atoms with Crippen molar-refractivity contribution in [3.8, 4) is 6.07 Å². The van der Waals surface area contributed by atoms with Crippen LogP contribution in [0.25, 0.3) is 0 Å². The van der Waals surface area contributed by atoms with Crippen LogP contribution in [0.2, 0.25) is 0 Å². The molecule has 1 unspecified atom stereocenters. The molecule has 0 aliphatic rings. The van der Waals surface area contributed by atoms with Crippen molar-refractivity contribution in [3.63, 3.8) is 0 Å². The number of rotatable bonds is 5. The molecular formula is C18H19NO2S. The molecule has 0 bridgehead atoms. The van der Waals surface area contributed by atoms with Crippen molar-refractivity contribution >= 4 is 9.84 Å². The first kappa shape index (κ1) is 16.3. The zero-order valence-corrected chi connectivity index (χ0v) is 13.6. The zero-order valence-electron chi connectivity index (χ0n) is 12.8. The molecule has 0 aliphatic heterocycles. The fraction of sp³-hybridized carbons (Fsp3) is 0.278. The van der Waals surface area contributed by atoms with Crippen LogP contribution in [-0.2, 0) is 15.3 Å². The van der Waals surface area contributed by atoms with Gasteiger partial charge in [0.1, 0.15) is 0 Å². The summed E-state index contributed by atoms with van der Waals surface area (Å²) in [6.07, 6.45) is 0.155. The molecule has 0 fully saturated rings. The van der Waals surface area contributed by atoms with E-state index < -0.39 is 15.3 Å². The monoisotopic (exact) mass is 313 g/mol. The minimum atomic E-state index is -3.46. The maximum atomic E-state index is 12.7. The molecule has 2 rings (SSSR count). The van der Waals surface area contributed by atoms with Crippen LogP contribution in [0.15, 0.2) is 59.5 Å². The van der Waals surface area contributed by atoms with E-state index in [9.17, 15) is 8.42 Å². The van der Waals surface area contributed by atoms with Gasteiger partial charge in [-0.05, 0) is 24.6 Å². The Bertz CT molecular complexity index is 774. The van der Waals surface area contributed by atoms with Crippen LogP contribution in [0.1, 0.15) is 24.5 Å². The molecule has 0 saturated heterocycles. The van der Waals surface area contributed by atoms with Crippen LogP contribution in [0.3, 0.4) is 0 Å². The van der Waals surface area contributed by atoms with E-state index in [4.69, 9.17) is 5.26 Å². The Balaban J connectivity index is 2.39. The highest BCUT2D eigenvalue weighted by atomic mass is 32.2. The lowest BCUT2D eigenvalue weighted by atomic mass is 9.82. The number of sulfone groups is 1. The van der Waals surface area contributed by atoms with Crippen molar-refractivity contribution in [2.45, 2.75) is 30.6 Å². The third kappa shape index (κ3) is 3.55. The highest BCUT2D eigenvalue weighted by Crippen LogP contribution is 2.31. The average Bonchev–Trinajstić information content (AvgIpc) is 2.48. The summed E-state index contributed by atoms with van der Waals surface area (Å²) in [6.45, 7) is 3.75. The zero-order chi connectivity index (χ0) is 16.2. The molecule has 4 heteroatoms. The molecule has 22 heavy (non-hydrogen) atoms. The molecule has 0 saturated carbocycles. The molecular weight excluding hydrogens is 294 g/mol. The number of hydrogen-bond acceptors (Lipinski definition) is 3. The van der Waals surface area contributed by atoms with Gasteiger partial charge in [0, 0.05) is 11.8 Å². The van der Waals surface area contributed by atoms with Crippen LogP contribution in [0.4, 0.5) is 0 Å². The smallest absolute Gasteiger partial charge is 0.179 e. The summed E-state index contributed by atoms with van der Waals surface area (Å²) in [5, 5.41) is 9.12. The minimum Gasteiger partial charge on any atom is -0.224 e. The fourth-order valence-corrected chi connectivity index (χ4v) is 4.32. The van der Waals surface area contributed by atoms with Crippen LogP contribution in [0.5, 0.6) is 0 Å². The molecule has 0 amide bonds. The largest absolute Gasteiger partial charge is 0.224 e. The summed E-state index contributed by atoms with van der Waals surface area (Å²) in [5.41, 5.74) is 1.16. The highest BCUT2D eigenvalue weighted by molar-refractivity contribution is 7.91. The fourth-order valence-electron chi connectivity index (χ4n) is 2.50.